The summed E-state index contributed by atoms with van der Waals surface area (Å²) in [7, 11) is 3.24. The first-order valence-electron chi connectivity index (χ1n) is 11.3. The minimum Gasteiger partial charge on any atom is -0.619 e. The lowest BCUT2D eigenvalue weighted by molar-refractivity contribution is -0.605. The molecule has 4 rings (SSSR count). The van der Waals surface area contributed by atoms with Gasteiger partial charge in [0.1, 0.15) is 5.75 Å². The second-order valence-electron chi connectivity index (χ2n) is 8.27. The predicted octanol–water partition coefficient (Wildman–Crippen LogP) is 5.93. The second-order valence-corrected chi connectivity index (χ2v) is 8.27. The molecule has 1 atom stereocenters. The van der Waals surface area contributed by atoms with E-state index in [4.69, 9.17) is 14.2 Å². The minimum absolute atomic E-state index is 0.0197. The van der Waals surface area contributed by atoms with Crippen LogP contribution in [-0.2, 0) is 6.42 Å². The first kappa shape index (κ1) is 23.8. The minimum atomic E-state index is -0.0197. The lowest BCUT2D eigenvalue weighted by Crippen LogP contribution is -2.24. The normalized spacial score (nSPS) is 11.5. The number of hydrogen-bond acceptors (Lipinski definition) is 5. The third-order valence-corrected chi connectivity index (χ3v) is 5.85. The van der Waals surface area contributed by atoms with Crippen molar-refractivity contribution in [1.29, 1.82) is 0 Å². The fourth-order valence-corrected chi connectivity index (χ4v) is 3.90. The maximum Gasteiger partial charge on any atom is 0.219 e. The summed E-state index contributed by atoms with van der Waals surface area (Å²) >= 11 is 0. The van der Waals surface area contributed by atoms with E-state index < -0.39 is 0 Å². The molecule has 4 aromatic rings. The highest BCUT2D eigenvalue weighted by atomic mass is 16.5. The van der Waals surface area contributed by atoms with E-state index >= 15 is 0 Å². The van der Waals surface area contributed by atoms with Crippen LogP contribution in [0.2, 0.25) is 0 Å². The Labute approximate surface area is 205 Å². The number of hydrogen-bond donors (Lipinski definition) is 0. The Morgan fingerprint density at radius 3 is 2.20 bits per heavy atom. The second kappa shape index (κ2) is 10.7. The van der Waals surface area contributed by atoms with Gasteiger partial charge in [-0.25, -0.2) is 4.98 Å². The molecule has 2 heterocycles. The number of pyridine rings is 2. The first-order valence-corrected chi connectivity index (χ1v) is 11.3. The average Bonchev–Trinajstić information content (AvgIpc) is 2.89. The van der Waals surface area contributed by atoms with Gasteiger partial charge in [-0.2, -0.15) is 4.73 Å². The number of rotatable bonds is 9. The lowest BCUT2D eigenvalue weighted by atomic mass is 9.87. The number of aromatic nitrogens is 2. The summed E-state index contributed by atoms with van der Waals surface area (Å²) in [5.41, 5.74) is 5.17. The average molecular weight is 469 g/mol. The maximum atomic E-state index is 11.5. The molecular formula is C29H28N2O4. The van der Waals surface area contributed by atoms with E-state index in [1.165, 1.54) is 12.4 Å². The van der Waals surface area contributed by atoms with E-state index in [-0.39, 0.29) is 5.92 Å². The molecule has 0 aliphatic carbocycles. The molecule has 2 aromatic heterocycles. The van der Waals surface area contributed by atoms with Crippen LogP contribution in [-0.4, -0.2) is 19.2 Å². The molecule has 0 fully saturated rings. The largest absolute Gasteiger partial charge is 0.619 e. The van der Waals surface area contributed by atoms with Gasteiger partial charge in [-0.05, 0) is 59.9 Å². The highest BCUT2D eigenvalue weighted by Crippen LogP contribution is 2.35. The van der Waals surface area contributed by atoms with Crippen LogP contribution >= 0.6 is 0 Å². The van der Waals surface area contributed by atoms with Crippen molar-refractivity contribution in [1.82, 2.24) is 4.98 Å². The van der Waals surface area contributed by atoms with Crippen LogP contribution in [0.1, 0.15) is 35.1 Å². The summed E-state index contributed by atoms with van der Waals surface area (Å²) in [4.78, 5) is 4.56. The Bertz CT molecular complexity index is 1280. The smallest absolute Gasteiger partial charge is 0.219 e. The van der Waals surface area contributed by atoms with Crippen LogP contribution in [0.15, 0.2) is 91.9 Å². The summed E-state index contributed by atoms with van der Waals surface area (Å²) in [6, 6.07) is 21.2. The molecule has 1 unspecified atom stereocenters. The molecule has 0 amide bonds. The number of allylic oxidation sites excluding steroid dienone is 1. The van der Waals surface area contributed by atoms with Crippen LogP contribution in [0, 0.1) is 5.21 Å². The molecule has 0 spiro atoms. The Balaban J connectivity index is 1.62. The molecule has 2 aromatic carbocycles. The SMILES string of the molecule is C=C(C)c1ccc(Oc2ccc(C(Cc3cc[n+]([O-])cc3)c3ccc(OC)c(OC)c3)cn2)cc1. The zero-order valence-corrected chi connectivity index (χ0v) is 20.1. The van der Waals surface area contributed by atoms with Crippen molar-refractivity contribution < 1.29 is 18.9 Å². The summed E-state index contributed by atoms with van der Waals surface area (Å²) in [5.74, 6) is 2.53. The third-order valence-electron chi connectivity index (χ3n) is 5.85. The van der Waals surface area contributed by atoms with Gasteiger partial charge in [0, 0.05) is 30.3 Å². The molecule has 35 heavy (non-hydrogen) atoms. The predicted molar refractivity (Wildman–Crippen MR) is 136 cm³/mol. The van der Waals surface area contributed by atoms with E-state index in [2.05, 4.69) is 11.6 Å². The Hall–Kier alpha value is -4.32. The molecular weight excluding hydrogens is 440 g/mol. The monoisotopic (exact) mass is 468 g/mol. The highest BCUT2D eigenvalue weighted by Gasteiger charge is 2.19. The fourth-order valence-electron chi connectivity index (χ4n) is 3.90. The molecule has 0 saturated heterocycles. The number of ether oxygens (including phenoxy) is 3. The van der Waals surface area contributed by atoms with Crippen LogP contribution in [0.4, 0.5) is 0 Å². The van der Waals surface area contributed by atoms with Gasteiger partial charge in [0.25, 0.3) is 0 Å². The van der Waals surface area contributed by atoms with Crippen LogP contribution in [0.25, 0.3) is 5.57 Å². The third kappa shape index (κ3) is 5.79. The maximum absolute atomic E-state index is 11.5. The summed E-state index contributed by atoms with van der Waals surface area (Å²) in [6.45, 7) is 5.93. The molecule has 6 heteroatoms. The summed E-state index contributed by atoms with van der Waals surface area (Å²) in [5, 5.41) is 11.5. The zero-order valence-electron chi connectivity index (χ0n) is 20.1. The van der Waals surface area contributed by atoms with E-state index in [0.29, 0.717) is 29.5 Å². The molecule has 0 radical (unpaired) electrons. The number of methoxy groups -OCH3 is 2. The standard InChI is InChI=1S/C29H28N2O4/c1-20(2)22-5-9-25(10-6-22)35-29-12-8-24(19-30-29)26(17-21-13-15-31(32)16-14-21)23-7-11-27(33-3)28(18-23)34-4/h5-16,18-19,26H,1,17H2,2-4H3. The molecule has 0 N–H and O–H groups in total. The topological polar surface area (TPSA) is 67.5 Å². The van der Waals surface area contributed by atoms with Crippen molar-refractivity contribution in [3.8, 4) is 23.1 Å². The number of benzene rings is 2. The van der Waals surface area contributed by atoms with Gasteiger partial charge in [-0.15, -0.1) is 0 Å². The highest BCUT2D eigenvalue weighted by molar-refractivity contribution is 5.61. The molecule has 0 aliphatic heterocycles. The van der Waals surface area contributed by atoms with Crippen LogP contribution in [0.3, 0.4) is 0 Å². The quantitative estimate of drug-likeness (QED) is 0.225. The van der Waals surface area contributed by atoms with Gasteiger partial charge >= 0.3 is 0 Å². The Morgan fingerprint density at radius 1 is 0.914 bits per heavy atom. The van der Waals surface area contributed by atoms with E-state index in [1.54, 1.807) is 14.2 Å². The lowest BCUT2D eigenvalue weighted by Gasteiger charge is -2.20. The van der Waals surface area contributed by atoms with Gasteiger partial charge in [-0.3, -0.25) is 0 Å². The van der Waals surface area contributed by atoms with E-state index in [1.807, 2.05) is 79.9 Å². The van der Waals surface area contributed by atoms with Crippen LogP contribution < -0.4 is 18.9 Å². The zero-order chi connectivity index (χ0) is 24.8. The molecule has 6 nitrogen and oxygen atoms in total. The summed E-state index contributed by atoms with van der Waals surface area (Å²) in [6.07, 6.45) is 5.53. The molecule has 0 bridgehead atoms. The van der Waals surface area contributed by atoms with Crippen molar-refractivity contribution in [3.05, 3.63) is 119 Å². The van der Waals surface area contributed by atoms with Gasteiger partial charge in [-0.1, -0.05) is 36.4 Å². The van der Waals surface area contributed by atoms with Crippen molar-refractivity contribution in [3.63, 3.8) is 0 Å². The first-order chi connectivity index (χ1) is 17.0. The van der Waals surface area contributed by atoms with Crippen molar-refractivity contribution in [2.45, 2.75) is 19.3 Å². The number of nitrogens with zero attached hydrogens (tertiary/aromatic N) is 2. The Morgan fingerprint density at radius 2 is 1.60 bits per heavy atom. The van der Waals surface area contributed by atoms with Crippen molar-refractivity contribution in [2.75, 3.05) is 14.2 Å². The van der Waals surface area contributed by atoms with Gasteiger partial charge < -0.3 is 19.4 Å². The molecule has 178 valence electrons. The van der Waals surface area contributed by atoms with Crippen molar-refractivity contribution >= 4 is 5.57 Å². The molecule has 0 saturated carbocycles. The van der Waals surface area contributed by atoms with Crippen molar-refractivity contribution in [2.24, 2.45) is 0 Å². The fraction of sp³-hybridized carbons (Fsp3) is 0.172. The van der Waals surface area contributed by atoms with Crippen LogP contribution in [0.5, 0.6) is 23.1 Å². The van der Waals surface area contributed by atoms with E-state index in [9.17, 15) is 5.21 Å². The van der Waals surface area contributed by atoms with Gasteiger partial charge in [0.05, 0.1) is 14.2 Å². The Kier molecular flexibility index (Phi) is 7.31. The summed E-state index contributed by atoms with van der Waals surface area (Å²) < 4.78 is 17.7. The molecule has 0 aliphatic rings. The van der Waals surface area contributed by atoms with E-state index in [0.717, 1.165) is 32.6 Å². The van der Waals surface area contributed by atoms with Gasteiger partial charge in [0.2, 0.25) is 5.88 Å². The van der Waals surface area contributed by atoms with Gasteiger partial charge in [0.15, 0.2) is 23.9 Å².